The lowest BCUT2D eigenvalue weighted by atomic mass is 10.1. The van der Waals surface area contributed by atoms with Crippen LogP contribution in [0.3, 0.4) is 0 Å². The fourth-order valence-corrected chi connectivity index (χ4v) is 3.09. The van der Waals surface area contributed by atoms with E-state index in [0.29, 0.717) is 27.7 Å². The molecule has 3 aromatic rings. The molecule has 0 spiro atoms. The van der Waals surface area contributed by atoms with E-state index in [1.807, 2.05) is 43.3 Å². The number of rotatable bonds is 3. The Bertz CT molecular complexity index is 1070. The number of nitrogens with zero attached hydrogens (tertiary/aromatic N) is 1. The molecule has 4 nitrogen and oxygen atoms in total. The Morgan fingerprint density at radius 1 is 1.00 bits per heavy atom. The average molecular weight is 377 g/mol. The van der Waals surface area contributed by atoms with Crippen molar-refractivity contribution in [3.63, 3.8) is 0 Å². The molecule has 5 heteroatoms. The molecule has 0 atom stereocenters. The molecule has 0 radical (unpaired) electrons. The fourth-order valence-electron chi connectivity index (χ4n) is 2.92. The summed E-state index contributed by atoms with van der Waals surface area (Å²) < 4.78 is 5.96. The van der Waals surface area contributed by atoms with Crippen LogP contribution in [0.25, 0.3) is 0 Å². The number of halogens is 1. The van der Waals surface area contributed by atoms with Gasteiger partial charge in [0.25, 0.3) is 5.91 Å². The summed E-state index contributed by atoms with van der Waals surface area (Å²) in [6.45, 7) is 4.09. The zero-order valence-corrected chi connectivity index (χ0v) is 15.7. The molecule has 27 heavy (non-hydrogen) atoms. The molecule has 0 bridgehead atoms. The van der Waals surface area contributed by atoms with Gasteiger partial charge in [-0.3, -0.25) is 4.79 Å². The van der Waals surface area contributed by atoms with Gasteiger partial charge in [-0.15, -0.1) is 0 Å². The molecule has 1 aliphatic heterocycles. The van der Waals surface area contributed by atoms with Gasteiger partial charge in [-0.1, -0.05) is 23.7 Å². The Balaban J connectivity index is 1.60. The second-order valence-electron chi connectivity index (χ2n) is 6.40. The van der Waals surface area contributed by atoms with E-state index in [1.54, 1.807) is 18.2 Å². The molecule has 0 unspecified atom stereocenters. The van der Waals surface area contributed by atoms with Gasteiger partial charge in [0.1, 0.15) is 17.2 Å². The van der Waals surface area contributed by atoms with E-state index in [0.717, 1.165) is 17.0 Å². The SMILES string of the molecule is Cc1cccc(Oc2ccc(N=C3C(=O)Nc4ccc(Cl)cc43)cc2)c1C. The number of aliphatic imine (C=N–C) groups is 1. The molecule has 1 N–H and O–H groups in total. The number of amides is 1. The van der Waals surface area contributed by atoms with E-state index in [2.05, 4.69) is 23.3 Å². The maximum absolute atomic E-state index is 12.2. The third-order valence-electron chi connectivity index (χ3n) is 4.56. The summed E-state index contributed by atoms with van der Waals surface area (Å²) in [6.07, 6.45) is 0. The molecule has 1 amide bonds. The van der Waals surface area contributed by atoms with Gasteiger partial charge in [0.05, 0.1) is 11.4 Å². The van der Waals surface area contributed by atoms with E-state index in [4.69, 9.17) is 16.3 Å². The molecule has 0 aliphatic carbocycles. The summed E-state index contributed by atoms with van der Waals surface area (Å²) >= 11 is 6.05. The Kier molecular flexibility index (Phi) is 4.42. The molecule has 4 rings (SSSR count). The first-order valence-electron chi connectivity index (χ1n) is 8.55. The number of carbonyl (C=O) groups excluding carboxylic acids is 1. The maximum atomic E-state index is 12.2. The van der Waals surface area contributed by atoms with Crippen LogP contribution >= 0.6 is 11.6 Å². The largest absolute Gasteiger partial charge is 0.457 e. The number of aryl methyl sites for hydroxylation is 1. The normalized spacial score (nSPS) is 14.2. The van der Waals surface area contributed by atoms with Crippen molar-refractivity contribution in [1.29, 1.82) is 0 Å². The molecule has 3 aromatic carbocycles. The fraction of sp³-hybridized carbons (Fsp3) is 0.0909. The minimum absolute atomic E-state index is 0.233. The number of carbonyl (C=O) groups is 1. The van der Waals surface area contributed by atoms with Crippen LogP contribution in [0, 0.1) is 13.8 Å². The molecule has 0 saturated carbocycles. The standard InChI is InChI=1S/C22H17ClN2O2/c1-13-4-3-5-20(14(13)2)27-17-9-7-16(8-10-17)24-21-18-12-15(23)6-11-19(18)25-22(21)26/h3-12H,1-2H3,(H,24,25,26). The average Bonchev–Trinajstić information content (AvgIpc) is 2.95. The van der Waals surface area contributed by atoms with Crippen LogP contribution in [0.5, 0.6) is 11.5 Å². The Morgan fingerprint density at radius 3 is 2.56 bits per heavy atom. The van der Waals surface area contributed by atoms with Crippen molar-refractivity contribution in [2.24, 2.45) is 4.99 Å². The van der Waals surface area contributed by atoms with Crippen LogP contribution < -0.4 is 10.1 Å². The number of hydrogen-bond donors (Lipinski definition) is 1. The van der Waals surface area contributed by atoms with Crippen molar-refractivity contribution < 1.29 is 9.53 Å². The van der Waals surface area contributed by atoms with Gasteiger partial charge in [0.2, 0.25) is 0 Å². The summed E-state index contributed by atoms with van der Waals surface area (Å²) in [5, 5.41) is 3.36. The molecule has 134 valence electrons. The first-order chi connectivity index (χ1) is 13.0. The van der Waals surface area contributed by atoms with Gasteiger partial charge >= 0.3 is 0 Å². The Morgan fingerprint density at radius 2 is 1.78 bits per heavy atom. The number of fused-ring (bicyclic) bond motifs is 1. The molecule has 0 aromatic heterocycles. The van der Waals surface area contributed by atoms with Crippen molar-refractivity contribution in [3.8, 4) is 11.5 Å². The number of ether oxygens (including phenoxy) is 1. The molecular formula is C22H17ClN2O2. The van der Waals surface area contributed by atoms with Gasteiger partial charge < -0.3 is 10.1 Å². The van der Waals surface area contributed by atoms with E-state index in [1.165, 1.54) is 5.56 Å². The lowest BCUT2D eigenvalue weighted by molar-refractivity contribution is -0.110. The zero-order valence-electron chi connectivity index (χ0n) is 14.9. The number of anilines is 1. The van der Waals surface area contributed by atoms with Gasteiger partial charge in [-0.2, -0.15) is 0 Å². The summed E-state index contributed by atoms with van der Waals surface area (Å²) in [7, 11) is 0. The van der Waals surface area contributed by atoms with Gasteiger partial charge in [-0.25, -0.2) is 4.99 Å². The first kappa shape index (κ1) is 17.3. The topological polar surface area (TPSA) is 50.7 Å². The highest BCUT2D eigenvalue weighted by Crippen LogP contribution is 2.30. The number of nitrogens with one attached hydrogen (secondary N) is 1. The summed E-state index contributed by atoms with van der Waals surface area (Å²) in [4.78, 5) is 16.7. The lowest BCUT2D eigenvalue weighted by Crippen LogP contribution is -2.13. The van der Waals surface area contributed by atoms with E-state index >= 15 is 0 Å². The molecular weight excluding hydrogens is 360 g/mol. The summed E-state index contributed by atoms with van der Waals surface area (Å²) in [5.41, 5.74) is 4.75. The minimum atomic E-state index is -0.233. The van der Waals surface area contributed by atoms with Crippen LogP contribution in [0.4, 0.5) is 11.4 Å². The molecule has 0 saturated heterocycles. The predicted molar refractivity (Wildman–Crippen MR) is 109 cm³/mol. The quantitative estimate of drug-likeness (QED) is 0.625. The van der Waals surface area contributed by atoms with Crippen molar-refractivity contribution in [2.45, 2.75) is 13.8 Å². The van der Waals surface area contributed by atoms with Gasteiger partial charge in [0, 0.05) is 10.6 Å². The zero-order chi connectivity index (χ0) is 19.0. The van der Waals surface area contributed by atoms with E-state index in [9.17, 15) is 4.79 Å². The second-order valence-corrected chi connectivity index (χ2v) is 6.83. The highest BCUT2D eigenvalue weighted by Gasteiger charge is 2.26. The molecule has 0 fully saturated rings. The highest BCUT2D eigenvalue weighted by molar-refractivity contribution is 6.54. The Hall–Kier alpha value is -3.11. The van der Waals surface area contributed by atoms with E-state index < -0.39 is 0 Å². The third-order valence-corrected chi connectivity index (χ3v) is 4.80. The van der Waals surface area contributed by atoms with E-state index in [-0.39, 0.29) is 5.91 Å². The first-order valence-corrected chi connectivity index (χ1v) is 8.93. The lowest BCUT2D eigenvalue weighted by Gasteiger charge is -2.10. The van der Waals surface area contributed by atoms with Gasteiger partial charge in [0.15, 0.2) is 0 Å². The Labute approximate surface area is 162 Å². The van der Waals surface area contributed by atoms with Crippen molar-refractivity contribution >= 4 is 34.6 Å². The second kappa shape index (κ2) is 6.89. The van der Waals surface area contributed by atoms with Crippen molar-refractivity contribution in [1.82, 2.24) is 0 Å². The smallest absolute Gasteiger partial charge is 0.275 e. The summed E-state index contributed by atoms with van der Waals surface area (Å²) in [6, 6.07) is 18.6. The predicted octanol–water partition coefficient (Wildman–Crippen LogP) is 5.82. The van der Waals surface area contributed by atoms with Gasteiger partial charge in [-0.05, 0) is 73.5 Å². The van der Waals surface area contributed by atoms with Crippen LogP contribution in [0.1, 0.15) is 16.7 Å². The minimum Gasteiger partial charge on any atom is -0.457 e. The maximum Gasteiger partial charge on any atom is 0.275 e. The monoisotopic (exact) mass is 376 g/mol. The van der Waals surface area contributed by atoms with Crippen LogP contribution in [0.2, 0.25) is 5.02 Å². The van der Waals surface area contributed by atoms with Crippen LogP contribution in [-0.4, -0.2) is 11.6 Å². The van der Waals surface area contributed by atoms with Crippen molar-refractivity contribution in [2.75, 3.05) is 5.32 Å². The summed E-state index contributed by atoms with van der Waals surface area (Å²) in [5.74, 6) is 1.31. The molecule has 1 heterocycles. The number of benzene rings is 3. The third kappa shape index (κ3) is 3.44. The molecule has 1 aliphatic rings. The van der Waals surface area contributed by atoms with Crippen LogP contribution in [-0.2, 0) is 4.79 Å². The number of hydrogen-bond acceptors (Lipinski definition) is 3. The highest BCUT2D eigenvalue weighted by atomic mass is 35.5. The van der Waals surface area contributed by atoms with Crippen molar-refractivity contribution in [3.05, 3.63) is 82.4 Å². The van der Waals surface area contributed by atoms with Crippen LogP contribution in [0.15, 0.2) is 65.7 Å².